The molecule has 0 fully saturated rings. The molecule has 4 amide bonds. The van der Waals surface area contributed by atoms with Crippen molar-refractivity contribution in [2.24, 2.45) is 0 Å². The Morgan fingerprint density at radius 2 is 0.898 bits per heavy atom. The Bertz CT molecular complexity index is 1440. The van der Waals surface area contributed by atoms with Crippen LogP contribution in [0.25, 0.3) is 0 Å². The van der Waals surface area contributed by atoms with Gasteiger partial charge in [0.15, 0.2) is 0 Å². The molecule has 0 aliphatic heterocycles. The number of carboxylic acids is 1. The number of hydrogen-bond acceptors (Lipinski definition) is 9. The zero-order valence-corrected chi connectivity index (χ0v) is 27.3. The van der Waals surface area contributed by atoms with Crippen molar-refractivity contribution in [1.82, 2.24) is 21.3 Å². The number of rotatable bonds is 20. The number of carboxylic acid groups (broad SMARTS) is 1. The molecule has 0 aliphatic rings. The third-order valence-corrected chi connectivity index (χ3v) is 7.23. The molecule has 0 radical (unpaired) electrons. The van der Waals surface area contributed by atoms with Gasteiger partial charge in [-0.1, -0.05) is 91.0 Å². The first-order chi connectivity index (χ1) is 23.8. The van der Waals surface area contributed by atoms with E-state index in [9.17, 15) is 29.1 Å². The summed E-state index contributed by atoms with van der Waals surface area (Å²) in [6.07, 6.45) is -0.223. The molecule has 0 bridgehead atoms. The molecule has 49 heavy (non-hydrogen) atoms. The van der Waals surface area contributed by atoms with Crippen LogP contribution in [0.2, 0.25) is 0 Å². The number of carbonyl (C=O) groups is 5. The van der Waals surface area contributed by atoms with Crippen molar-refractivity contribution in [1.29, 1.82) is 0 Å². The summed E-state index contributed by atoms with van der Waals surface area (Å²) < 4.78 is 15.6. The molecule has 0 heterocycles. The van der Waals surface area contributed by atoms with Gasteiger partial charge in [0, 0.05) is 13.1 Å². The normalized spacial score (nSPS) is 11.7. The quantitative estimate of drug-likeness (QED) is 0.102. The summed E-state index contributed by atoms with van der Waals surface area (Å²) in [5.41, 5.74) is 2.45. The topological polar surface area (TPSA) is 184 Å². The molecule has 262 valence electrons. The maximum atomic E-state index is 13.2. The van der Waals surface area contributed by atoms with E-state index in [1.807, 2.05) is 66.7 Å². The lowest BCUT2D eigenvalue weighted by molar-refractivity contribution is -0.308. The average Bonchev–Trinajstić information content (AvgIpc) is 3.12. The molecule has 1 unspecified atom stereocenters. The number of aliphatic carboxylic acids is 1. The van der Waals surface area contributed by atoms with Crippen molar-refractivity contribution >= 4 is 30.2 Å². The maximum absolute atomic E-state index is 13.2. The summed E-state index contributed by atoms with van der Waals surface area (Å²) >= 11 is 0. The monoisotopic (exact) mass is 675 g/mol. The second kappa shape index (κ2) is 22.1. The molecule has 0 aromatic heterocycles. The van der Waals surface area contributed by atoms with E-state index in [-0.39, 0.29) is 45.8 Å². The molecular formula is C36H43N4O9-. The molecule has 13 nitrogen and oxygen atoms in total. The van der Waals surface area contributed by atoms with Gasteiger partial charge in [-0.25, -0.2) is 14.4 Å². The van der Waals surface area contributed by atoms with Crippen LogP contribution in [-0.4, -0.2) is 55.3 Å². The first-order valence-electron chi connectivity index (χ1n) is 16.2. The molecule has 2 atom stereocenters. The predicted octanol–water partition coefficient (Wildman–Crippen LogP) is 3.71. The van der Waals surface area contributed by atoms with Crippen molar-refractivity contribution in [3.63, 3.8) is 0 Å². The number of carbonyl (C=O) groups excluding carboxylic acids is 5. The Labute approximate surface area is 285 Å². The largest absolute Gasteiger partial charge is 0.548 e. The Morgan fingerprint density at radius 1 is 0.510 bits per heavy atom. The van der Waals surface area contributed by atoms with Crippen LogP contribution < -0.4 is 26.4 Å². The van der Waals surface area contributed by atoms with Crippen LogP contribution in [0.3, 0.4) is 0 Å². The minimum absolute atomic E-state index is 0.0223. The average molecular weight is 676 g/mol. The lowest BCUT2D eigenvalue weighted by atomic mass is 10.1. The summed E-state index contributed by atoms with van der Waals surface area (Å²) in [7, 11) is 0. The van der Waals surface area contributed by atoms with Crippen LogP contribution in [0, 0.1) is 0 Å². The third-order valence-electron chi connectivity index (χ3n) is 7.23. The standard InChI is InChI=1S/C36H44N4O9/c41-32(39-31(33(42)43)21-11-13-23-38-35(45)48-25-28-16-6-2-7-17-28)30(40-36(46)49-26-29-18-8-3-9-19-29)20-10-12-22-37-34(44)47-24-27-14-4-1-5-15-27/h1-9,14-19,30-31H,10-13,20-26H2,(H,37,44)(H,38,45)(H,39,41)(H,40,46)(H,42,43)/p-1/t30-,31?/m0/s1. The SMILES string of the molecule is O=C(NCCCCC(NC(=O)[C@H](CCCCNC(=O)OCc1ccccc1)NC(=O)OCc1ccccc1)C(=O)[O-])OCc1ccccc1. The highest BCUT2D eigenvalue weighted by Gasteiger charge is 2.24. The number of hydrogen-bond donors (Lipinski definition) is 4. The molecular weight excluding hydrogens is 632 g/mol. The number of ether oxygens (including phenoxy) is 3. The summed E-state index contributed by atoms with van der Waals surface area (Å²) in [4.78, 5) is 61.6. The highest BCUT2D eigenvalue weighted by Crippen LogP contribution is 2.08. The maximum Gasteiger partial charge on any atom is 0.408 e. The molecule has 0 aliphatic carbocycles. The number of nitrogens with one attached hydrogen (secondary N) is 4. The summed E-state index contributed by atoms with van der Waals surface area (Å²) in [5.74, 6) is -2.20. The predicted molar refractivity (Wildman–Crippen MR) is 177 cm³/mol. The second-order valence-corrected chi connectivity index (χ2v) is 11.1. The Hall–Kier alpha value is -5.59. The van der Waals surface area contributed by atoms with Gasteiger partial charge in [0.1, 0.15) is 25.9 Å². The van der Waals surface area contributed by atoms with E-state index >= 15 is 0 Å². The first kappa shape index (κ1) is 37.9. The van der Waals surface area contributed by atoms with Gasteiger partial charge in [0.2, 0.25) is 5.91 Å². The summed E-state index contributed by atoms with van der Waals surface area (Å²) in [5, 5.41) is 22.1. The van der Waals surface area contributed by atoms with E-state index in [1.165, 1.54) is 0 Å². The van der Waals surface area contributed by atoms with Crippen LogP contribution in [-0.2, 0) is 43.6 Å². The lowest BCUT2D eigenvalue weighted by Gasteiger charge is -2.24. The Morgan fingerprint density at radius 3 is 1.31 bits per heavy atom. The molecule has 13 heteroatoms. The fourth-order valence-corrected chi connectivity index (χ4v) is 4.57. The van der Waals surface area contributed by atoms with Crippen molar-refractivity contribution < 1.29 is 43.3 Å². The zero-order valence-electron chi connectivity index (χ0n) is 27.3. The minimum Gasteiger partial charge on any atom is -0.548 e. The molecule has 4 N–H and O–H groups in total. The van der Waals surface area contributed by atoms with Gasteiger partial charge in [0.05, 0.1) is 12.0 Å². The summed E-state index contributed by atoms with van der Waals surface area (Å²) in [6, 6.07) is 25.0. The van der Waals surface area contributed by atoms with E-state index in [2.05, 4.69) is 21.3 Å². The van der Waals surface area contributed by atoms with Crippen LogP contribution in [0.15, 0.2) is 91.0 Å². The van der Waals surface area contributed by atoms with Crippen molar-refractivity contribution in [2.75, 3.05) is 13.1 Å². The van der Waals surface area contributed by atoms with Gasteiger partial charge in [-0.15, -0.1) is 0 Å². The third kappa shape index (κ3) is 16.2. The molecule has 0 saturated carbocycles. The van der Waals surface area contributed by atoms with Crippen LogP contribution in [0.1, 0.15) is 55.2 Å². The molecule has 3 aromatic carbocycles. The van der Waals surface area contributed by atoms with Crippen molar-refractivity contribution in [3.8, 4) is 0 Å². The second-order valence-electron chi connectivity index (χ2n) is 11.1. The Kier molecular flexibility index (Phi) is 17.1. The van der Waals surface area contributed by atoms with Gasteiger partial charge in [-0.2, -0.15) is 0 Å². The number of alkyl carbamates (subject to hydrolysis) is 3. The van der Waals surface area contributed by atoms with Gasteiger partial charge >= 0.3 is 18.3 Å². The zero-order chi connectivity index (χ0) is 35.1. The van der Waals surface area contributed by atoms with E-state index in [0.717, 1.165) is 16.7 Å². The fourth-order valence-electron chi connectivity index (χ4n) is 4.57. The first-order valence-corrected chi connectivity index (χ1v) is 16.2. The molecule has 3 aromatic rings. The van der Waals surface area contributed by atoms with E-state index < -0.39 is 42.2 Å². The molecule has 0 spiro atoms. The lowest BCUT2D eigenvalue weighted by Crippen LogP contribution is -2.54. The summed E-state index contributed by atoms with van der Waals surface area (Å²) in [6.45, 7) is 0.730. The van der Waals surface area contributed by atoms with E-state index in [4.69, 9.17) is 14.2 Å². The van der Waals surface area contributed by atoms with Crippen LogP contribution in [0.5, 0.6) is 0 Å². The highest BCUT2D eigenvalue weighted by molar-refractivity contribution is 5.88. The van der Waals surface area contributed by atoms with Crippen LogP contribution in [0.4, 0.5) is 14.4 Å². The van der Waals surface area contributed by atoms with Crippen LogP contribution >= 0.6 is 0 Å². The van der Waals surface area contributed by atoms with Gasteiger partial charge < -0.3 is 45.4 Å². The van der Waals surface area contributed by atoms with Crippen molar-refractivity contribution in [2.45, 2.75) is 70.4 Å². The number of unbranched alkanes of at least 4 members (excludes halogenated alkanes) is 2. The van der Waals surface area contributed by atoms with E-state index in [0.29, 0.717) is 25.7 Å². The number of benzene rings is 3. The fraction of sp³-hybridized carbons (Fsp3) is 0.361. The number of amides is 4. The molecule has 3 rings (SSSR count). The highest BCUT2D eigenvalue weighted by atomic mass is 16.6. The van der Waals surface area contributed by atoms with Gasteiger partial charge in [-0.05, 0) is 55.2 Å². The smallest absolute Gasteiger partial charge is 0.408 e. The molecule has 0 saturated heterocycles. The van der Waals surface area contributed by atoms with E-state index in [1.54, 1.807) is 24.3 Å². The minimum atomic E-state index is -1.48. The van der Waals surface area contributed by atoms with Gasteiger partial charge in [-0.3, -0.25) is 4.79 Å². The van der Waals surface area contributed by atoms with Gasteiger partial charge in [0.25, 0.3) is 0 Å². The van der Waals surface area contributed by atoms with Crippen molar-refractivity contribution in [3.05, 3.63) is 108 Å². The Balaban J connectivity index is 1.43.